The number of nitrogens with one attached hydrogen (secondary N) is 1. The molecule has 1 aliphatic carbocycles. The Morgan fingerprint density at radius 3 is 2.11 bits per heavy atom. The van der Waals surface area contributed by atoms with Crippen molar-refractivity contribution in [3.8, 4) is 0 Å². The maximum atomic E-state index is 12.7. The van der Waals surface area contributed by atoms with E-state index in [1.54, 1.807) is 13.8 Å². The second-order valence-corrected chi connectivity index (χ2v) is 8.64. The van der Waals surface area contributed by atoms with Gasteiger partial charge in [0, 0.05) is 18.7 Å². The standard InChI is InChI=1S/C19H28N2O5S/c1-4-21(5-2)27(24,25)16-11-9-15(10-12-16)17(22)20-19(18(23)26-3)13-7-6-8-14-19/h9-12H,4-8,13-14H2,1-3H3,(H,20,22). The molecule has 0 radical (unpaired) electrons. The fourth-order valence-electron chi connectivity index (χ4n) is 3.51. The van der Waals surface area contributed by atoms with E-state index in [9.17, 15) is 18.0 Å². The first-order chi connectivity index (χ1) is 12.8. The zero-order valence-corrected chi connectivity index (χ0v) is 17.0. The zero-order chi connectivity index (χ0) is 20.1. The Morgan fingerprint density at radius 1 is 1.07 bits per heavy atom. The Kier molecular flexibility index (Phi) is 7.00. The summed E-state index contributed by atoms with van der Waals surface area (Å²) < 4.78 is 31.3. The van der Waals surface area contributed by atoms with Gasteiger partial charge in [0.2, 0.25) is 10.0 Å². The summed E-state index contributed by atoms with van der Waals surface area (Å²) in [6.45, 7) is 4.31. The smallest absolute Gasteiger partial charge is 0.331 e. The molecule has 150 valence electrons. The predicted octanol–water partition coefficient (Wildman–Crippen LogP) is 2.32. The Balaban J connectivity index is 2.21. The summed E-state index contributed by atoms with van der Waals surface area (Å²) >= 11 is 0. The van der Waals surface area contributed by atoms with Gasteiger partial charge in [0.05, 0.1) is 12.0 Å². The molecule has 1 aromatic carbocycles. The highest BCUT2D eigenvalue weighted by atomic mass is 32.2. The Bertz CT molecular complexity index is 764. The van der Waals surface area contributed by atoms with Crippen molar-refractivity contribution in [3.05, 3.63) is 29.8 Å². The molecule has 1 fully saturated rings. The molecule has 0 aliphatic heterocycles. The third-order valence-corrected chi connectivity index (χ3v) is 7.16. The second kappa shape index (κ2) is 8.84. The van der Waals surface area contributed by atoms with Crippen LogP contribution in [0.2, 0.25) is 0 Å². The summed E-state index contributed by atoms with van der Waals surface area (Å²) in [5.41, 5.74) is -0.696. The van der Waals surface area contributed by atoms with Crippen molar-refractivity contribution in [1.82, 2.24) is 9.62 Å². The number of methoxy groups -OCH3 is 1. The lowest BCUT2D eigenvalue weighted by molar-refractivity contribution is -0.149. The van der Waals surface area contributed by atoms with Gasteiger partial charge in [0.1, 0.15) is 5.54 Å². The van der Waals surface area contributed by atoms with Gasteiger partial charge in [-0.15, -0.1) is 0 Å². The average Bonchev–Trinajstić information content (AvgIpc) is 2.68. The highest BCUT2D eigenvalue weighted by molar-refractivity contribution is 7.89. The fraction of sp³-hybridized carbons (Fsp3) is 0.579. The molecule has 1 saturated carbocycles. The van der Waals surface area contributed by atoms with Crippen molar-refractivity contribution in [2.24, 2.45) is 0 Å². The van der Waals surface area contributed by atoms with E-state index in [4.69, 9.17) is 4.74 Å². The number of carbonyl (C=O) groups is 2. The SMILES string of the molecule is CCN(CC)S(=O)(=O)c1ccc(C(=O)NC2(C(=O)OC)CCCCC2)cc1. The number of hydrogen-bond donors (Lipinski definition) is 1. The molecule has 7 nitrogen and oxygen atoms in total. The molecule has 0 aromatic heterocycles. The number of amides is 1. The number of sulfonamides is 1. The molecule has 1 aromatic rings. The lowest BCUT2D eigenvalue weighted by Crippen LogP contribution is -2.56. The first kappa shape index (κ1) is 21.4. The molecule has 1 amide bonds. The van der Waals surface area contributed by atoms with Crippen LogP contribution in [0.15, 0.2) is 29.2 Å². The van der Waals surface area contributed by atoms with Crippen molar-refractivity contribution in [1.29, 1.82) is 0 Å². The number of nitrogens with zero attached hydrogens (tertiary/aromatic N) is 1. The van der Waals surface area contributed by atoms with Gasteiger partial charge in [0.15, 0.2) is 0 Å². The van der Waals surface area contributed by atoms with E-state index in [1.807, 2.05) is 0 Å². The van der Waals surface area contributed by atoms with Crippen molar-refractivity contribution in [2.75, 3.05) is 20.2 Å². The zero-order valence-electron chi connectivity index (χ0n) is 16.2. The van der Waals surface area contributed by atoms with E-state index in [1.165, 1.54) is 35.7 Å². The molecule has 0 heterocycles. The number of ether oxygens (including phenoxy) is 1. The van der Waals surface area contributed by atoms with Gasteiger partial charge < -0.3 is 10.1 Å². The van der Waals surface area contributed by atoms with Crippen LogP contribution in [0.3, 0.4) is 0 Å². The quantitative estimate of drug-likeness (QED) is 0.714. The van der Waals surface area contributed by atoms with Crippen LogP contribution in [0.4, 0.5) is 0 Å². The summed E-state index contributed by atoms with van der Waals surface area (Å²) in [7, 11) is -2.26. The van der Waals surface area contributed by atoms with E-state index in [-0.39, 0.29) is 4.90 Å². The fourth-order valence-corrected chi connectivity index (χ4v) is 4.97. The van der Waals surface area contributed by atoms with E-state index in [0.29, 0.717) is 31.5 Å². The number of benzene rings is 1. The minimum Gasteiger partial charge on any atom is -0.467 e. The van der Waals surface area contributed by atoms with Crippen LogP contribution in [-0.4, -0.2) is 50.3 Å². The summed E-state index contributed by atoms with van der Waals surface area (Å²) in [5, 5.41) is 2.83. The molecule has 0 unspecified atom stereocenters. The van der Waals surface area contributed by atoms with Gasteiger partial charge >= 0.3 is 5.97 Å². The highest BCUT2D eigenvalue weighted by Gasteiger charge is 2.42. The molecule has 8 heteroatoms. The van der Waals surface area contributed by atoms with Crippen LogP contribution >= 0.6 is 0 Å². The number of esters is 1. The van der Waals surface area contributed by atoms with Crippen LogP contribution in [0.25, 0.3) is 0 Å². The van der Waals surface area contributed by atoms with E-state index >= 15 is 0 Å². The van der Waals surface area contributed by atoms with Crippen molar-refractivity contribution in [2.45, 2.75) is 56.4 Å². The highest BCUT2D eigenvalue weighted by Crippen LogP contribution is 2.30. The van der Waals surface area contributed by atoms with Gasteiger partial charge in [-0.25, -0.2) is 13.2 Å². The third kappa shape index (κ3) is 4.50. The molecule has 2 rings (SSSR count). The largest absolute Gasteiger partial charge is 0.467 e. The number of carbonyl (C=O) groups excluding carboxylic acids is 2. The van der Waals surface area contributed by atoms with Gasteiger partial charge in [0.25, 0.3) is 5.91 Å². The van der Waals surface area contributed by atoms with E-state index in [0.717, 1.165) is 19.3 Å². The Labute approximate surface area is 161 Å². The van der Waals surface area contributed by atoms with Crippen LogP contribution in [0, 0.1) is 0 Å². The van der Waals surface area contributed by atoms with Crippen LogP contribution in [-0.2, 0) is 19.6 Å². The molecule has 1 N–H and O–H groups in total. The van der Waals surface area contributed by atoms with Gasteiger partial charge in [-0.1, -0.05) is 33.1 Å². The summed E-state index contributed by atoms with van der Waals surface area (Å²) in [4.78, 5) is 25.1. The van der Waals surface area contributed by atoms with Gasteiger partial charge in [-0.05, 0) is 37.1 Å². The molecule has 0 saturated heterocycles. The molecule has 0 atom stereocenters. The van der Waals surface area contributed by atoms with Crippen LogP contribution in [0.1, 0.15) is 56.3 Å². The second-order valence-electron chi connectivity index (χ2n) is 6.70. The first-order valence-corrected chi connectivity index (χ1v) is 10.8. The topological polar surface area (TPSA) is 92.8 Å². The van der Waals surface area contributed by atoms with E-state index < -0.39 is 27.4 Å². The number of hydrogen-bond acceptors (Lipinski definition) is 5. The van der Waals surface area contributed by atoms with Crippen molar-refractivity contribution < 1.29 is 22.7 Å². The third-order valence-electron chi connectivity index (χ3n) is 5.10. The lowest BCUT2D eigenvalue weighted by Gasteiger charge is -2.35. The first-order valence-electron chi connectivity index (χ1n) is 9.32. The Morgan fingerprint density at radius 2 is 1.63 bits per heavy atom. The molecule has 0 bridgehead atoms. The normalized spacial score (nSPS) is 16.7. The average molecular weight is 397 g/mol. The van der Waals surface area contributed by atoms with Crippen molar-refractivity contribution >= 4 is 21.9 Å². The van der Waals surface area contributed by atoms with Gasteiger partial charge in [-0.2, -0.15) is 4.31 Å². The number of rotatable bonds is 7. The molecule has 0 spiro atoms. The maximum absolute atomic E-state index is 12.7. The molecular formula is C19H28N2O5S. The Hall–Kier alpha value is -1.93. The van der Waals surface area contributed by atoms with Crippen LogP contribution in [0.5, 0.6) is 0 Å². The summed E-state index contributed by atoms with van der Waals surface area (Å²) in [6.07, 6.45) is 3.79. The molecule has 27 heavy (non-hydrogen) atoms. The monoisotopic (exact) mass is 396 g/mol. The molecule has 1 aliphatic rings. The minimum absolute atomic E-state index is 0.142. The van der Waals surface area contributed by atoms with Gasteiger partial charge in [-0.3, -0.25) is 4.79 Å². The summed E-state index contributed by atoms with van der Waals surface area (Å²) in [6, 6.07) is 5.79. The maximum Gasteiger partial charge on any atom is 0.331 e. The lowest BCUT2D eigenvalue weighted by atomic mass is 9.81. The van der Waals surface area contributed by atoms with Crippen molar-refractivity contribution in [3.63, 3.8) is 0 Å². The predicted molar refractivity (Wildman–Crippen MR) is 102 cm³/mol. The van der Waals surface area contributed by atoms with E-state index in [2.05, 4.69) is 5.32 Å². The molecular weight excluding hydrogens is 368 g/mol. The minimum atomic E-state index is -3.57. The summed E-state index contributed by atoms with van der Waals surface area (Å²) in [5.74, 6) is -0.842. The van der Waals surface area contributed by atoms with Crippen LogP contribution < -0.4 is 5.32 Å².